The normalized spacial score (nSPS) is 12.7. The molecule has 2 heteroatoms. The van der Waals surface area contributed by atoms with Crippen LogP contribution in [0.2, 0.25) is 0 Å². The Morgan fingerprint density at radius 3 is 2.14 bits per heavy atom. The molecule has 0 fully saturated rings. The lowest BCUT2D eigenvalue weighted by Crippen LogP contribution is -2.29. The van der Waals surface area contributed by atoms with Gasteiger partial charge in [-0.2, -0.15) is 0 Å². The first-order valence-electron chi connectivity index (χ1n) is 7.63. The Labute approximate surface area is 133 Å². The molecular weight excluding hydrogens is 284 g/mol. The van der Waals surface area contributed by atoms with Gasteiger partial charge in [-0.3, -0.25) is 0 Å². The molecule has 0 spiro atoms. The minimum Gasteiger partial charge on any atom is -0.407 e. The van der Waals surface area contributed by atoms with Gasteiger partial charge in [0.15, 0.2) is 0 Å². The summed E-state index contributed by atoms with van der Waals surface area (Å²) in [5, 5.41) is 9.30. The maximum absolute atomic E-state index is 6.07. The molecular formula is C20H18OSi. The van der Waals surface area contributed by atoms with Gasteiger partial charge in [-0.1, -0.05) is 54.6 Å². The second kappa shape index (κ2) is 4.80. The van der Waals surface area contributed by atoms with Crippen LogP contribution >= 0.6 is 0 Å². The van der Waals surface area contributed by atoms with Crippen LogP contribution in [0.4, 0.5) is 0 Å². The van der Waals surface area contributed by atoms with Crippen molar-refractivity contribution >= 4 is 47.3 Å². The topological polar surface area (TPSA) is 9.23 Å². The molecule has 0 heterocycles. The van der Waals surface area contributed by atoms with E-state index in [9.17, 15) is 0 Å². The number of benzene rings is 4. The zero-order chi connectivity index (χ0) is 15.3. The highest BCUT2D eigenvalue weighted by atomic mass is 28.2. The Bertz CT molecular complexity index is 966. The van der Waals surface area contributed by atoms with E-state index in [0.29, 0.717) is 9.76 Å². The molecule has 0 aliphatic heterocycles. The van der Waals surface area contributed by atoms with Crippen LogP contribution in [0.3, 0.4) is 0 Å². The van der Waals surface area contributed by atoms with E-state index in [1.807, 2.05) is 0 Å². The van der Waals surface area contributed by atoms with E-state index in [4.69, 9.17) is 4.43 Å². The van der Waals surface area contributed by atoms with Gasteiger partial charge >= 0.3 is 0 Å². The molecule has 22 heavy (non-hydrogen) atoms. The third kappa shape index (κ3) is 2.19. The van der Waals surface area contributed by atoms with Crippen LogP contribution in [-0.4, -0.2) is 15.4 Å². The molecule has 0 saturated carbocycles. The molecule has 108 valence electrons. The maximum atomic E-state index is 6.07. The minimum absolute atomic E-state index is 0.115. The summed E-state index contributed by atoms with van der Waals surface area (Å²) in [6, 6.07) is 19.9. The molecule has 4 aromatic carbocycles. The highest BCUT2D eigenvalue weighted by Crippen LogP contribution is 2.33. The molecule has 0 aliphatic rings. The van der Waals surface area contributed by atoms with Crippen molar-refractivity contribution in [2.75, 3.05) is 0 Å². The Hall–Kier alpha value is -1.90. The predicted molar refractivity (Wildman–Crippen MR) is 96.4 cm³/mol. The molecule has 4 rings (SSSR count). The first kappa shape index (κ1) is 13.7. The van der Waals surface area contributed by atoms with E-state index in [1.165, 1.54) is 37.5 Å². The van der Waals surface area contributed by atoms with Crippen molar-refractivity contribution < 1.29 is 4.43 Å². The van der Waals surface area contributed by atoms with E-state index in [2.05, 4.69) is 75.4 Å². The van der Waals surface area contributed by atoms with Crippen molar-refractivity contribution in [3.05, 3.63) is 54.6 Å². The third-order valence-corrected chi connectivity index (χ3v) is 5.32. The summed E-state index contributed by atoms with van der Waals surface area (Å²) in [6.07, 6.45) is 0. The largest absolute Gasteiger partial charge is 0.407 e. The molecule has 0 atom stereocenters. The standard InChI is InChI=1S/C20H18OSi/c1-20(2,3)21-22-17-12-15-8-4-6-13-10-11-14-7-5-9-16(17)19(14)18(13)15/h4-12H,1-3H3. The van der Waals surface area contributed by atoms with Crippen LogP contribution in [0.15, 0.2) is 54.6 Å². The first-order valence-corrected chi connectivity index (χ1v) is 8.54. The van der Waals surface area contributed by atoms with E-state index >= 15 is 0 Å². The zero-order valence-electron chi connectivity index (χ0n) is 13.1. The fourth-order valence-corrected chi connectivity index (χ4v) is 4.00. The number of hydrogen-bond acceptors (Lipinski definition) is 1. The average Bonchev–Trinajstić information content (AvgIpc) is 2.50. The second-order valence-corrected chi connectivity index (χ2v) is 7.74. The van der Waals surface area contributed by atoms with Gasteiger partial charge in [0.2, 0.25) is 0 Å². The molecule has 0 aliphatic carbocycles. The van der Waals surface area contributed by atoms with Gasteiger partial charge in [0.05, 0.1) is 0 Å². The van der Waals surface area contributed by atoms with E-state index in [-0.39, 0.29) is 5.60 Å². The molecule has 4 aromatic rings. The van der Waals surface area contributed by atoms with Crippen LogP contribution in [0.1, 0.15) is 20.8 Å². The highest BCUT2D eigenvalue weighted by molar-refractivity contribution is 6.53. The monoisotopic (exact) mass is 302 g/mol. The Balaban J connectivity index is 2.04. The van der Waals surface area contributed by atoms with Crippen LogP contribution < -0.4 is 5.19 Å². The summed E-state index contributed by atoms with van der Waals surface area (Å²) in [7, 11) is 0.366. The summed E-state index contributed by atoms with van der Waals surface area (Å²) in [5.41, 5.74) is -0.115. The SMILES string of the molecule is CC(C)(C)O[Si]c1cc2cccc3ccc4cccc1c4c32. The minimum atomic E-state index is -0.115. The quantitative estimate of drug-likeness (QED) is 0.387. The maximum Gasteiger partial charge on any atom is 0.270 e. The summed E-state index contributed by atoms with van der Waals surface area (Å²) >= 11 is 0. The van der Waals surface area contributed by atoms with E-state index in [1.54, 1.807) is 0 Å². The lowest BCUT2D eigenvalue weighted by Gasteiger charge is -2.20. The molecule has 0 amide bonds. The van der Waals surface area contributed by atoms with Gasteiger partial charge in [0, 0.05) is 5.60 Å². The lowest BCUT2D eigenvalue weighted by atomic mass is 9.94. The van der Waals surface area contributed by atoms with Crippen LogP contribution in [-0.2, 0) is 4.43 Å². The molecule has 0 N–H and O–H groups in total. The third-order valence-electron chi connectivity index (χ3n) is 3.98. The summed E-state index contributed by atoms with van der Waals surface area (Å²) in [4.78, 5) is 0. The van der Waals surface area contributed by atoms with Crippen molar-refractivity contribution in [2.24, 2.45) is 0 Å². The van der Waals surface area contributed by atoms with Crippen molar-refractivity contribution in [2.45, 2.75) is 26.4 Å². The lowest BCUT2D eigenvalue weighted by molar-refractivity contribution is 0.142. The van der Waals surface area contributed by atoms with E-state index < -0.39 is 0 Å². The Morgan fingerprint density at radius 2 is 1.41 bits per heavy atom. The highest BCUT2D eigenvalue weighted by Gasteiger charge is 2.16. The summed E-state index contributed by atoms with van der Waals surface area (Å²) < 4.78 is 6.07. The summed E-state index contributed by atoms with van der Waals surface area (Å²) in [5.74, 6) is 0. The molecule has 0 saturated heterocycles. The number of hydrogen-bond donors (Lipinski definition) is 0. The van der Waals surface area contributed by atoms with Crippen molar-refractivity contribution in [3.8, 4) is 0 Å². The fourth-order valence-electron chi connectivity index (χ4n) is 3.05. The molecule has 0 bridgehead atoms. The first-order chi connectivity index (χ1) is 10.5. The average molecular weight is 302 g/mol. The number of rotatable bonds is 2. The van der Waals surface area contributed by atoms with Gasteiger partial charge in [0.1, 0.15) is 0 Å². The molecule has 2 radical (unpaired) electrons. The predicted octanol–water partition coefficient (Wildman–Crippen LogP) is 4.64. The molecule has 0 unspecified atom stereocenters. The van der Waals surface area contributed by atoms with Crippen molar-refractivity contribution in [3.63, 3.8) is 0 Å². The smallest absolute Gasteiger partial charge is 0.270 e. The van der Waals surface area contributed by atoms with E-state index in [0.717, 1.165) is 0 Å². The molecule has 1 nitrogen and oxygen atoms in total. The van der Waals surface area contributed by atoms with Gasteiger partial charge in [-0.05, 0) is 58.3 Å². The fraction of sp³-hybridized carbons (Fsp3) is 0.200. The van der Waals surface area contributed by atoms with Crippen molar-refractivity contribution in [1.82, 2.24) is 0 Å². The van der Waals surface area contributed by atoms with Crippen LogP contribution in [0.5, 0.6) is 0 Å². The van der Waals surface area contributed by atoms with Gasteiger partial charge in [-0.15, -0.1) is 0 Å². The van der Waals surface area contributed by atoms with Crippen molar-refractivity contribution in [1.29, 1.82) is 0 Å². The Morgan fingerprint density at radius 1 is 0.773 bits per heavy atom. The second-order valence-electron chi connectivity index (χ2n) is 6.79. The van der Waals surface area contributed by atoms with Gasteiger partial charge < -0.3 is 4.43 Å². The summed E-state index contributed by atoms with van der Waals surface area (Å²) in [6.45, 7) is 6.33. The molecule has 0 aromatic heterocycles. The van der Waals surface area contributed by atoms with Crippen LogP contribution in [0.25, 0.3) is 32.3 Å². The Kier molecular flexibility index (Phi) is 3.00. The zero-order valence-corrected chi connectivity index (χ0v) is 14.1. The van der Waals surface area contributed by atoms with Gasteiger partial charge in [-0.25, -0.2) is 0 Å². The van der Waals surface area contributed by atoms with Gasteiger partial charge in [0.25, 0.3) is 9.76 Å². The van der Waals surface area contributed by atoms with Crippen LogP contribution in [0, 0.1) is 0 Å².